The van der Waals surface area contributed by atoms with E-state index in [1.807, 2.05) is 78.9 Å². The highest BCUT2D eigenvalue weighted by Gasteiger charge is 2.26. The van der Waals surface area contributed by atoms with Crippen LogP contribution in [0.1, 0.15) is 22.9 Å². The lowest BCUT2D eigenvalue weighted by atomic mass is 9.92. The van der Waals surface area contributed by atoms with E-state index in [1.54, 1.807) is 6.07 Å². The standard InChI is InChI=1S/C45H31N3O2/c49-38-20-9-7-18-35(38)33-16-11-17-34(28-33)44-46-43(32-14-5-2-6-15-32)47-45(48-44)42-36(26-27-40-41(42)37-19-8-10-21-39(37)50-40)31-24-22-30(23-25-31)29-12-3-1-4-13-29/h1-28,44,49H,(H,46,47,48). The quantitative estimate of drug-likeness (QED) is 0.189. The molecule has 238 valence electrons. The monoisotopic (exact) mass is 645 g/mol. The van der Waals surface area contributed by atoms with Gasteiger partial charge in [0.05, 0.1) is 0 Å². The van der Waals surface area contributed by atoms with Crippen LogP contribution in [0.15, 0.2) is 184 Å². The first-order valence-electron chi connectivity index (χ1n) is 16.7. The summed E-state index contributed by atoms with van der Waals surface area (Å²) in [4.78, 5) is 10.5. The number of para-hydroxylation sites is 2. The number of phenols is 1. The van der Waals surface area contributed by atoms with Gasteiger partial charge in [0.15, 0.2) is 6.17 Å². The summed E-state index contributed by atoms with van der Waals surface area (Å²) in [7, 11) is 0. The summed E-state index contributed by atoms with van der Waals surface area (Å²) in [6.07, 6.45) is -0.547. The molecule has 0 bridgehead atoms. The van der Waals surface area contributed by atoms with Crippen molar-refractivity contribution in [3.63, 3.8) is 0 Å². The molecule has 5 heteroatoms. The number of nitrogens with one attached hydrogen (secondary N) is 1. The van der Waals surface area contributed by atoms with E-state index in [9.17, 15) is 5.11 Å². The number of aliphatic imine (C=N–C) groups is 2. The third kappa shape index (κ3) is 5.31. The Hall–Kier alpha value is -6.72. The largest absolute Gasteiger partial charge is 0.507 e. The lowest BCUT2D eigenvalue weighted by Gasteiger charge is -2.24. The van der Waals surface area contributed by atoms with Crippen LogP contribution in [0.2, 0.25) is 0 Å². The molecule has 7 aromatic carbocycles. The summed E-state index contributed by atoms with van der Waals surface area (Å²) >= 11 is 0. The summed E-state index contributed by atoms with van der Waals surface area (Å²) < 4.78 is 6.41. The number of benzene rings is 7. The van der Waals surface area contributed by atoms with Crippen LogP contribution < -0.4 is 5.32 Å². The molecule has 9 rings (SSSR count). The Morgan fingerprint density at radius 1 is 0.480 bits per heavy atom. The second kappa shape index (κ2) is 12.4. The van der Waals surface area contributed by atoms with Crippen LogP contribution in [0.5, 0.6) is 5.75 Å². The van der Waals surface area contributed by atoms with E-state index >= 15 is 0 Å². The molecule has 0 radical (unpaired) electrons. The minimum atomic E-state index is -0.547. The second-order valence-electron chi connectivity index (χ2n) is 12.4. The number of fused-ring (bicyclic) bond motifs is 3. The molecule has 0 amide bonds. The molecule has 0 fully saturated rings. The number of amidine groups is 2. The van der Waals surface area contributed by atoms with Gasteiger partial charge in [-0.1, -0.05) is 140 Å². The van der Waals surface area contributed by atoms with Crippen LogP contribution in [0.4, 0.5) is 0 Å². The molecule has 1 aliphatic heterocycles. The first-order chi connectivity index (χ1) is 24.7. The first kappa shape index (κ1) is 29.4. The van der Waals surface area contributed by atoms with Gasteiger partial charge in [-0.05, 0) is 63.7 Å². The minimum Gasteiger partial charge on any atom is -0.507 e. The molecule has 1 unspecified atom stereocenters. The number of furan rings is 1. The molecule has 0 saturated heterocycles. The summed E-state index contributed by atoms with van der Waals surface area (Å²) in [5, 5.41) is 16.3. The molecule has 2 heterocycles. The minimum absolute atomic E-state index is 0.231. The number of aromatic hydroxyl groups is 1. The van der Waals surface area contributed by atoms with Crippen molar-refractivity contribution in [3.8, 4) is 39.1 Å². The highest BCUT2D eigenvalue weighted by Crippen LogP contribution is 2.39. The number of hydrogen-bond donors (Lipinski definition) is 2. The highest BCUT2D eigenvalue weighted by molar-refractivity contribution is 6.26. The van der Waals surface area contributed by atoms with Crippen molar-refractivity contribution in [3.05, 3.63) is 187 Å². The van der Waals surface area contributed by atoms with E-state index in [-0.39, 0.29) is 5.75 Å². The van der Waals surface area contributed by atoms with Gasteiger partial charge in [0, 0.05) is 27.5 Å². The van der Waals surface area contributed by atoms with Crippen LogP contribution in [0.25, 0.3) is 55.3 Å². The van der Waals surface area contributed by atoms with Crippen LogP contribution in [0.3, 0.4) is 0 Å². The molecular formula is C45H31N3O2. The van der Waals surface area contributed by atoms with Crippen molar-refractivity contribution in [1.82, 2.24) is 5.32 Å². The van der Waals surface area contributed by atoms with Gasteiger partial charge < -0.3 is 14.8 Å². The van der Waals surface area contributed by atoms with Crippen LogP contribution in [0, 0.1) is 0 Å². The van der Waals surface area contributed by atoms with Crippen LogP contribution >= 0.6 is 0 Å². The Morgan fingerprint density at radius 3 is 1.92 bits per heavy atom. The fraction of sp³-hybridized carbons (Fsp3) is 0.0222. The second-order valence-corrected chi connectivity index (χ2v) is 12.4. The van der Waals surface area contributed by atoms with Crippen LogP contribution in [-0.4, -0.2) is 16.8 Å². The van der Waals surface area contributed by atoms with Crippen molar-refractivity contribution in [2.24, 2.45) is 9.98 Å². The van der Waals surface area contributed by atoms with Crippen molar-refractivity contribution in [2.75, 3.05) is 0 Å². The van der Waals surface area contributed by atoms with E-state index < -0.39 is 6.17 Å². The maximum Gasteiger partial charge on any atom is 0.169 e. The molecule has 50 heavy (non-hydrogen) atoms. The van der Waals surface area contributed by atoms with Crippen molar-refractivity contribution in [1.29, 1.82) is 0 Å². The number of rotatable bonds is 6. The zero-order valence-electron chi connectivity index (χ0n) is 27.0. The highest BCUT2D eigenvalue weighted by atomic mass is 16.3. The predicted molar refractivity (Wildman–Crippen MR) is 204 cm³/mol. The number of hydrogen-bond acceptors (Lipinski definition) is 5. The molecule has 1 aromatic heterocycles. The fourth-order valence-corrected chi connectivity index (χ4v) is 6.83. The van der Waals surface area contributed by atoms with E-state index in [2.05, 4.69) is 90.2 Å². The topological polar surface area (TPSA) is 70.1 Å². The van der Waals surface area contributed by atoms with Gasteiger partial charge in [-0.15, -0.1) is 0 Å². The van der Waals surface area contributed by atoms with E-state index in [1.165, 1.54) is 5.56 Å². The Bertz CT molecular complexity index is 2570. The van der Waals surface area contributed by atoms with Gasteiger partial charge in [0.2, 0.25) is 0 Å². The van der Waals surface area contributed by atoms with Crippen molar-refractivity contribution >= 4 is 33.6 Å². The lowest BCUT2D eigenvalue weighted by molar-refractivity contribution is 0.477. The van der Waals surface area contributed by atoms with E-state index in [0.29, 0.717) is 5.84 Å². The lowest BCUT2D eigenvalue weighted by Crippen LogP contribution is -2.36. The average Bonchev–Trinajstić information content (AvgIpc) is 3.57. The zero-order chi connectivity index (χ0) is 33.4. The van der Waals surface area contributed by atoms with Gasteiger partial charge in [0.1, 0.15) is 28.6 Å². The Labute approximate surface area is 289 Å². The Kier molecular flexibility index (Phi) is 7.29. The maximum atomic E-state index is 10.7. The fourth-order valence-electron chi connectivity index (χ4n) is 6.83. The Balaban J connectivity index is 1.25. The third-order valence-corrected chi connectivity index (χ3v) is 9.27. The molecule has 0 aliphatic carbocycles. The Morgan fingerprint density at radius 2 is 1.12 bits per heavy atom. The molecule has 0 saturated carbocycles. The number of phenolic OH excluding ortho intramolecular Hbond substituents is 1. The van der Waals surface area contributed by atoms with Gasteiger partial charge in [0.25, 0.3) is 0 Å². The third-order valence-electron chi connectivity index (χ3n) is 9.27. The van der Waals surface area contributed by atoms with Crippen molar-refractivity contribution < 1.29 is 9.52 Å². The summed E-state index contributed by atoms with van der Waals surface area (Å²) in [6, 6.07) is 57.1. The molecule has 5 nitrogen and oxygen atoms in total. The molecular weight excluding hydrogens is 615 g/mol. The van der Waals surface area contributed by atoms with Gasteiger partial charge in [-0.2, -0.15) is 0 Å². The molecule has 1 atom stereocenters. The van der Waals surface area contributed by atoms with Gasteiger partial charge >= 0.3 is 0 Å². The average molecular weight is 646 g/mol. The summed E-state index contributed by atoms with van der Waals surface area (Å²) in [6.45, 7) is 0. The molecule has 2 N–H and O–H groups in total. The smallest absolute Gasteiger partial charge is 0.169 e. The van der Waals surface area contributed by atoms with E-state index in [0.717, 1.165) is 72.3 Å². The molecule has 8 aromatic rings. The van der Waals surface area contributed by atoms with Gasteiger partial charge in [-0.3, -0.25) is 0 Å². The SMILES string of the molecule is Oc1ccccc1-c1cccc(C2N=C(c3ccccc3)NC(c3c(-c4ccc(-c5ccccc5)cc4)ccc4oc5ccccc5c34)=N2)c1. The van der Waals surface area contributed by atoms with Crippen LogP contribution in [-0.2, 0) is 0 Å². The van der Waals surface area contributed by atoms with E-state index in [4.69, 9.17) is 14.4 Å². The molecule has 1 aliphatic rings. The maximum absolute atomic E-state index is 10.7. The molecule has 0 spiro atoms. The van der Waals surface area contributed by atoms with Crippen molar-refractivity contribution in [2.45, 2.75) is 6.17 Å². The zero-order valence-corrected chi connectivity index (χ0v) is 27.0. The normalized spacial score (nSPS) is 14.3. The van der Waals surface area contributed by atoms with Gasteiger partial charge in [-0.25, -0.2) is 9.98 Å². The predicted octanol–water partition coefficient (Wildman–Crippen LogP) is 10.8. The number of nitrogens with zero attached hydrogens (tertiary/aromatic N) is 2. The summed E-state index contributed by atoms with van der Waals surface area (Å²) in [5.41, 5.74) is 10.5. The first-order valence-corrected chi connectivity index (χ1v) is 16.7. The summed E-state index contributed by atoms with van der Waals surface area (Å²) in [5.74, 6) is 1.66.